The first kappa shape index (κ1) is 15.3. The minimum absolute atomic E-state index is 0.246. The van der Waals surface area contributed by atoms with E-state index in [-0.39, 0.29) is 6.61 Å². The number of aromatic amines is 1. The Kier molecular flexibility index (Phi) is 4.66. The van der Waals surface area contributed by atoms with Crippen molar-refractivity contribution in [2.75, 3.05) is 46.4 Å². The summed E-state index contributed by atoms with van der Waals surface area (Å²) in [5, 5.41) is 10.3. The fourth-order valence-electron chi connectivity index (χ4n) is 3.32. The van der Waals surface area contributed by atoms with Crippen LogP contribution >= 0.6 is 0 Å². The summed E-state index contributed by atoms with van der Waals surface area (Å²) in [4.78, 5) is 8.11. The molecule has 1 aromatic heterocycles. The number of H-pyrrole nitrogens is 1. The summed E-state index contributed by atoms with van der Waals surface area (Å²) >= 11 is 0. The summed E-state index contributed by atoms with van der Waals surface area (Å²) in [5.74, 6) is 0.974. The third-order valence-corrected chi connectivity index (χ3v) is 4.59. The number of fused-ring (bicyclic) bond motifs is 1. The number of methoxy groups -OCH3 is 1. The van der Waals surface area contributed by atoms with E-state index in [1.165, 1.54) is 22.0 Å². The lowest BCUT2D eigenvalue weighted by Gasteiger charge is -2.34. The van der Waals surface area contributed by atoms with Crippen LogP contribution in [0.4, 0.5) is 0 Å². The van der Waals surface area contributed by atoms with Crippen molar-refractivity contribution in [2.45, 2.75) is 13.5 Å². The molecular weight excluding hydrogens is 278 g/mol. The maximum Gasteiger partial charge on any atom is 0.124 e. The summed E-state index contributed by atoms with van der Waals surface area (Å²) < 4.78 is 5.62. The molecule has 1 fully saturated rings. The molecule has 0 aliphatic carbocycles. The number of aliphatic hydroxyl groups excluding tert-OH is 1. The second-order valence-electron chi connectivity index (χ2n) is 5.98. The Morgan fingerprint density at radius 1 is 1.23 bits per heavy atom. The molecule has 120 valence electrons. The van der Waals surface area contributed by atoms with E-state index in [1.54, 1.807) is 7.11 Å². The van der Waals surface area contributed by atoms with Gasteiger partial charge in [0.05, 0.1) is 13.7 Å². The molecule has 5 heteroatoms. The summed E-state index contributed by atoms with van der Waals surface area (Å²) in [7, 11) is 1.75. The van der Waals surface area contributed by atoms with E-state index in [0.29, 0.717) is 0 Å². The number of hydrogen-bond donors (Lipinski definition) is 2. The highest BCUT2D eigenvalue weighted by atomic mass is 16.5. The van der Waals surface area contributed by atoms with Gasteiger partial charge >= 0.3 is 0 Å². The zero-order valence-electron chi connectivity index (χ0n) is 13.4. The van der Waals surface area contributed by atoms with Gasteiger partial charge in [0.2, 0.25) is 0 Å². The van der Waals surface area contributed by atoms with Gasteiger partial charge in [0, 0.05) is 61.9 Å². The number of aryl methyl sites for hydroxylation is 1. The van der Waals surface area contributed by atoms with Crippen LogP contribution in [0.15, 0.2) is 18.3 Å². The Balaban J connectivity index is 1.79. The lowest BCUT2D eigenvalue weighted by atomic mass is 10.0. The summed E-state index contributed by atoms with van der Waals surface area (Å²) in [6, 6.07) is 4.26. The van der Waals surface area contributed by atoms with Gasteiger partial charge < -0.3 is 14.8 Å². The van der Waals surface area contributed by atoms with Crippen LogP contribution in [-0.2, 0) is 6.54 Å². The SMILES string of the molecule is COc1cc(C)c2[nH]ccc2c1CN1CCN(CCO)CC1. The fraction of sp³-hybridized carbons (Fsp3) is 0.529. The summed E-state index contributed by atoms with van der Waals surface area (Å²) in [5.41, 5.74) is 3.68. The van der Waals surface area contributed by atoms with Gasteiger partial charge in [-0.3, -0.25) is 9.80 Å². The quantitative estimate of drug-likeness (QED) is 0.881. The van der Waals surface area contributed by atoms with Crippen LogP contribution in [0.1, 0.15) is 11.1 Å². The van der Waals surface area contributed by atoms with Crippen molar-refractivity contribution in [3.05, 3.63) is 29.5 Å². The zero-order valence-corrected chi connectivity index (χ0v) is 13.4. The molecular formula is C17H25N3O2. The van der Waals surface area contributed by atoms with Crippen molar-refractivity contribution >= 4 is 10.9 Å². The molecule has 0 bridgehead atoms. The van der Waals surface area contributed by atoms with E-state index in [9.17, 15) is 0 Å². The van der Waals surface area contributed by atoms with Crippen molar-refractivity contribution in [1.82, 2.24) is 14.8 Å². The van der Waals surface area contributed by atoms with Crippen molar-refractivity contribution < 1.29 is 9.84 Å². The van der Waals surface area contributed by atoms with Gasteiger partial charge in [0.1, 0.15) is 5.75 Å². The average Bonchev–Trinajstić information content (AvgIpc) is 3.02. The van der Waals surface area contributed by atoms with Gasteiger partial charge in [0.15, 0.2) is 0 Å². The molecule has 0 radical (unpaired) electrons. The molecule has 1 aliphatic heterocycles. The first-order valence-electron chi connectivity index (χ1n) is 7.92. The van der Waals surface area contributed by atoms with E-state index in [2.05, 4.69) is 33.8 Å². The highest BCUT2D eigenvalue weighted by Gasteiger charge is 2.19. The molecule has 1 saturated heterocycles. The standard InChI is InChI=1S/C17H25N3O2/c1-13-11-16(22-2)15(14-3-4-18-17(13)14)12-20-7-5-19(6-8-20)9-10-21/h3-4,11,18,21H,5-10,12H2,1-2H3. The highest BCUT2D eigenvalue weighted by Crippen LogP contribution is 2.31. The zero-order chi connectivity index (χ0) is 15.5. The predicted molar refractivity (Wildman–Crippen MR) is 88.4 cm³/mol. The van der Waals surface area contributed by atoms with Crippen LogP contribution in [0.3, 0.4) is 0 Å². The van der Waals surface area contributed by atoms with Gasteiger partial charge in [-0.25, -0.2) is 0 Å². The minimum Gasteiger partial charge on any atom is -0.496 e. The van der Waals surface area contributed by atoms with Crippen molar-refractivity contribution in [3.8, 4) is 5.75 Å². The average molecular weight is 303 g/mol. The number of rotatable bonds is 5. The van der Waals surface area contributed by atoms with E-state index in [4.69, 9.17) is 9.84 Å². The van der Waals surface area contributed by atoms with Gasteiger partial charge in [-0.1, -0.05) is 0 Å². The molecule has 2 aromatic rings. The topological polar surface area (TPSA) is 51.7 Å². The van der Waals surface area contributed by atoms with E-state index >= 15 is 0 Å². The number of nitrogens with zero attached hydrogens (tertiary/aromatic N) is 2. The molecule has 1 aromatic carbocycles. The molecule has 22 heavy (non-hydrogen) atoms. The first-order valence-corrected chi connectivity index (χ1v) is 7.92. The third kappa shape index (κ3) is 2.97. The smallest absolute Gasteiger partial charge is 0.124 e. The molecule has 2 N–H and O–H groups in total. The normalized spacial score (nSPS) is 17.2. The van der Waals surface area contributed by atoms with E-state index in [0.717, 1.165) is 45.0 Å². The second-order valence-corrected chi connectivity index (χ2v) is 5.98. The van der Waals surface area contributed by atoms with Crippen LogP contribution in [0.25, 0.3) is 10.9 Å². The van der Waals surface area contributed by atoms with E-state index < -0.39 is 0 Å². The van der Waals surface area contributed by atoms with Gasteiger partial charge in [-0.2, -0.15) is 0 Å². The molecule has 3 rings (SSSR count). The van der Waals surface area contributed by atoms with Crippen LogP contribution in [0, 0.1) is 6.92 Å². The molecule has 0 amide bonds. The molecule has 1 aliphatic rings. The molecule has 2 heterocycles. The van der Waals surface area contributed by atoms with Crippen LogP contribution in [0.2, 0.25) is 0 Å². The van der Waals surface area contributed by atoms with Crippen LogP contribution in [-0.4, -0.2) is 66.3 Å². The molecule has 0 unspecified atom stereocenters. The van der Waals surface area contributed by atoms with Crippen molar-refractivity contribution in [2.24, 2.45) is 0 Å². The van der Waals surface area contributed by atoms with Crippen LogP contribution < -0.4 is 4.74 Å². The Labute approximate surface area is 131 Å². The maximum atomic E-state index is 9.03. The Bertz CT molecular complexity index is 630. The number of β-amino-alcohol motifs (C(OH)–C–C–N with tert-alkyl or cyclic N) is 1. The number of benzene rings is 1. The number of ether oxygens (including phenoxy) is 1. The van der Waals surface area contributed by atoms with E-state index in [1.807, 2.05) is 6.20 Å². The lowest BCUT2D eigenvalue weighted by Crippen LogP contribution is -2.46. The third-order valence-electron chi connectivity index (χ3n) is 4.59. The number of nitrogens with one attached hydrogen (secondary N) is 1. The maximum absolute atomic E-state index is 9.03. The first-order chi connectivity index (χ1) is 10.7. The van der Waals surface area contributed by atoms with Crippen molar-refractivity contribution in [1.29, 1.82) is 0 Å². The minimum atomic E-state index is 0.246. The molecule has 0 spiro atoms. The monoisotopic (exact) mass is 303 g/mol. The van der Waals surface area contributed by atoms with Gasteiger partial charge in [0.25, 0.3) is 0 Å². The second kappa shape index (κ2) is 6.69. The lowest BCUT2D eigenvalue weighted by molar-refractivity contribution is 0.108. The molecule has 0 atom stereocenters. The fourth-order valence-corrected chi connectivity index (χ4v) is 3.32. The number of aliphatic hydroxyl groups is 1. The summed E-state index contributed by atoms with van der Waals surface area (Å²) in [6.07, 6.45) is 2.00. The largest absolute Gasteiger partial charge is 0.496 e. The van der Waals surface area contributed by atoms with Crippen LogP contribution in [0.5, 0.6) is 5.75 Å². The van der Waals surface area contributed by atoms with Crippen molar-refractivity contribution in [3.63, 3.8) is 0 Å². The Morgan fingerprint density at radius 2 is 1.95 bits per heavy atom. The number of hydrogen-bond acceptors (Lipinski definition) is 4. The number of aromatic nitrogens is 1. The Morgan fingerprint density at radius 3 is 2.64 bits per heavy atom. The molecule has 5 nitrogen and oxygen atoms in total. The predicted octanol–water partition coefficient (Wildman–Crippen LogP) is 1.59. The summed E-state index contributed by atoms with van der Waals surface area (Å²) in [6.45, 7) is 8.14. The Hall–Kier alpha value is -1.56. The van der Waals surface area contributed by atoms with Gasteiger partial charge in [-0.05, 0) is 24.6 Å². The highest BCUT2D eigenvalue weighted by molar-refractivity contribution is 5.88. The number of piperazine rings is 1. The molecule has 0 saturated carbocycles. The van der Waals surface area contributed by atoms with Gasteiger partial charge in [-0.15, -0.1) is 0 Å².